The van der Waals surface area contributed by atoms with Crippen molar-refractivity contribution in [3.05, 3.63) is 91.5 Å². The minimum absolute atomic E-state index is 1.17. The number of hydrogen-bond acceptors (Lipinski definition) is 2. The molecule has 4 rings (SSSR count). The van der Waals surface area contributed by atoms with E-state index < -0.39 is 0 Å². The number of benzene rings is 2. The molecule has 36 heavy (non-hydrogen) atoms. The maximum Gasteiger partial charge on any atom is 0.0710 e. The highest BCUT2D eigenvalue weighted by Crippen LogP contribution is 2.35. The average Bonchev–Trinajstić information content (AvgIpc) is 3.54. The van der Waals surface area contributed by atoms with E-state index in [1.54, 1.807) is 11.3 Å². The van der Waals surface area contributed by atoms with E-state index in [4.69, 9.17) is 0 Å². The van der Waals surface area contributed by atoms with Gasteiger partial charge in [-0.2, -0.15) is 0 Å². The summed E-state index contributed by atoms with van der Waals surface area (Å²) in [4.78, 5) is 2.72. The molecule has 0 aliphatic rings. The zero-order chi connectivity index (χ0) is 25.6. The van der Waals surface area contributed by atoms with Crippen LogP contribution in [-0.4, -0.2) is 0 Å². The van der Waals surface area contributed by atoms with Crippen molar-refractivity contribution in [1.29, 1.82) is 0 Å². The summed E-state index contributed by atoms with van der Waals surface area (Å²) in [5, 5.41) is 0. The molecule has 0 fully saturated rings. The van der Waals surface area contributed by atoms with E-state index >= 15 is 0 Å². The molecule has 2 heterocycles. The second kappa shape index (κ2) is 16.6. The Morgan fingerprint density at radius 3 is 1.22 bits per heavy atom. The van der Waals surface area contributed by atoms with Crippen LogP contribution in [0.1, 0.15) is 76.3 Å². The molecular formula is C32H38Br2S2. The highest BCUT2D eigenvalue weighted by molar-refractivity contribution is 9.12. The summed E-state index contributed by atoms with van der Waals surface area (Å²) in [6, 6.07) is 27.0. The lowest BCUT2D eigenvalue weighted by atomic mass is 10.0. The largest absolute Gasteiger partial charge is 0.135 e. The van der Waals surface area contributed by atoms with Crippen LogP contribution in [0.2, 0.25) is 0 Å². The van der Waals surface area contributed by atoms with Crippen molar-refractivity contribution in [3.63, 3.8) is 0 Å². The van der Waals surface area contributed by atoms with E-state index in [2.05, 4.69) is 106 Å². The van der Waals surface area contributed by atoms with Gasteiger partial charge in [0.1, 0.15) is 0 Å². The molecule has 4 heteroatoms. The van der Waals surface area contributed by atoms with Crippen molar-refractivity contribution in [2.45, 2.75) is 78.1 Å². The summed E-state index contributed by atoms with van der Waals surface area (Å²) in [5.74, 6) is 0. The van der Waals surface area contributed by atoms with Crippen molar-refractivity contribution in [1.82, 2.24) is 0 Å². The van der Waals surface area contributed by atoms with Crippen molar-refractivity contribution in [3.8, 4) is 20.9 Å². The minimum Gasteiger partial charge on any atom is -0.135 e. The van der Waals surface area contributed by atoms with Gasteiger partial charge in [-0.25, -0.2) is 0 Å². The number of rotatable bonds is 12. The Bertz CT molecular complexity index is 1040. The van der Waals surface area contributed by atoms with Gasteiger partial charge in [-0.3, -0.25) is 0 Å². The Morgan fingerprint density at radius 1 is 0.472 bits per heavy atom. The molecule has 0 amide bonds. The maximum absolute atomic E-state index is 3.32. The highest BCUT2D eigenvalue weighted by Gasteiger charge is 2.06. The molecule has 0 bridgehead atoms. The predicted octanol–water partition coefficient (Wildman–Crippen LogP) is 12.6. The van der Waals surface area contributed by atoms with Crippen molar-refractivity contribution >= 4 is 54.5 Å². The topological polar surface area (TPSA) is 0 Å². The summed E-state index contributed by atoms with van der Waals surface area (Å²) >= 11 is 10.2. The average molecular weight is 647 g/mol. The van der Waals surface area contributed by atoms with Gasteiger partial charge in [-0.15, -0.1) is 22.7 Å². The lowest BCUT2D eigenvalue weighted by Gasteiger charge is -2.04. The SMILES string of the molecule is Brc1ccc(Br)s1.CCCCCCc1ccc(-c2ccc(-c3ccc(CCCCCC)cc3)s2)cc1. The zero-order valence-electron chi connectivity index (χ0n) is 21.6. The van der Waals surface area contributed by atoms with Crippen LogP contribution in [0.25, 0.3) is 20.9 Å². The number of hydrogen-bond donors (Lipinski definition) is 0. The van der Waals surface area contributed by atoms with Crippen LogP contribution in [0.4, 0.5) is 0 Å². The van der Waals surface area contributed by atoms with E-state index in [0.29, 0.717) is 0 Å². The zero-order valence-corrected chi connectivity index (χ0v) is 26.4. The van der Waals surface area contributed by atoms with Gasteiger partial charge in [0.05, 0.1) is 7.57 Å². The van der Waals surface area contributed by atoms with Crippen LogP contribution in [-0.2, 0) is 12.8 Å². The van der Waals surface area contributed by atoms with Crippen molar-refractivity contribution in [2.24, 2.45) is 0 Å². The molecule has 0 nitrogen and oxygen atoms in total. The molecule has 0 aliphatic heterocycles. The van der Waals surface area contributed by atoms with Crippen LogP contribution in [0.5, 0.6) is 0 Å². The second-order valence-corrected chi connectivity index (χ2v) is 14.1. The summed E-state index contributed by atoms with van der Waals surface area (Å²) in [7, 11) is 0. The number of unbranched alkanes of at least 4 members (excludes halogenated alkanes) is 6. The normalized spacial score (nSPS) is 10.8. The molecule has 2 aromatic heterocycles. The third-order valence-electron chi connectivity index (χ3n) is 6.26. The summed E-state index contributed by atoms with van der Waals surface area (Å²) < 4.78 is 2.33. The monoisotopic (exact) mass is 644 g/mol. The van der Waals surface area contributed by atoms with Crippen LogP contribution >= 0.6 is 54.5 Å². The molecule has 0 saturated heterocycles. The van der Waals surface area contributed by atoms with Gasteiger partial charge in [0.2, 0.25) is 0 Å². The first-order valence-electron chi connectivity index (χ1n) is 13.3. The lowest BCUT2D eigenvalue weighted by molar-refractivity contribution is 0.667. The first-order chi connectivity index (χ1) is 17.6. The van der Waals surface area contributed by atoms with Crippen LogP contribution in [0.3, 0.4) is 0 Å². The lowest BCUT2D eigenvalue weighted by Crippen LogP contribution is -1.86. The standard InChI is InChI=1S/C28H36S.C4H2Br2S/c1-3-5-7-9-11-23-13-17-25(18-14-23)27-21-22-28(29-27)26-19-15-24(16-20-26)12-10-8-6-4-2;5-3-1-2-4(6)7-3/h13-22H,3-12H2,1-2H3;1-2H. The second-order valence-electron chi connectivity index (χ2n) is 9.22. The first kappa shape index (κ1) is 29.4. The molecule has 4 aromatic rings. The third-order valence-corrected chi connectivity index (χ3v) is 9.61. The maximum atomic E-state index is 3.32. The highest BCUT2D eigenvalue weighted by atomic mass is 79.9. The minimum atomic E-state index is 1.17. The van der Waals surface area contributed by atoms with Gasteiger partial charge in [-0.1, -0.05) is 101 Å². The summed E-state index contributed by atoms with van der Waals surface area (Å²) in [6.45, 7) is 4.54. The third kappa shape index (κ3) is 10.3. The molecule has 0 atom stereocenters. The smallest absolute Gasteiger partial charge is 0.0710 e. The Balaban J connectivity index is 0.000000444. The Hall–Kier alpha value is -1.20. The fraction of sp³-hybridized carbons (Fsp3) is 0.375. The van der Waals surface area contributed by atoms with Crippen LogP contribution in [0, 0.1) is 0 Å². The van der Waals surface area contributed by atoms with Crippen LogP contribution < -0.4 is 0 Å². The van der Waals surface area contributed by atoms with E-state index in [9.17, 15) is 0 Å². The van der Waals surface area contributed by atoms with Gasteiger partial charge in [0, 0.05) is 9.75 Å². The van der Waals surface area contributed by atoms with E-state index in [1.165, 1.54) is 104 Å². The molecule has 0 spiro atoms. The molecular weight excluding hydrogens is 608 g/mol. The van der Waals surface area contributed by atoms with Crippen molar-refractivity contribution < 1.29 is 0 Å². The molecule has 0 radical (unpaired) electrons. The molecule has 0 aliphatic carbocycles. The first-order valence-corrected chi connectivity index (χ1v) is 16.5. The Morgan fingerprint density at radius 2 is 0.889 bits per heavy atom. The van der Waals surface area contributed by atoms with E-state index in [0.717, 1.165) is 0 Å². The van der Waals surface area contributed by atoms with E-state index in [-0.39, 0.29) is 0 Å². The Kier molecular flexibility index (Phi) is 13.5. The number of thiophene rings is 2. The molecule has 0 N–H and O–H groups in total. The van der Waals surface area contributed by atoms with Gasteiger partial charge in [-0.05, 0) is 104 Å². The number of aryl methyl sites for hydroxylation is 2. The quantitative estimate of drug-likeness (QED) is 0.134. The summed E-state index contributed by atoms with van der Waals surface area (Å²) in [6.07, 6.45) is 13.1. The van der Waals surface area contributed by atoms with E-state index in [1.807, 2.05) is 23.5 Å². The molecule has 192 valence electrons. The molecule has 0 saturated carbocycles. The van der Waals surface area contributed by atoms with Crippen molar-refractivity contribution in [2.75, 3.05) is 0 Å². The van der Waals surface area contributed by atoms with Crippen LogP contribution in [0.15, 0.2) is 80.4 Å². The predicted molar refractivity (Wildman–Crippen MR) is 171 cm³/mol. The Labute approximate surface area is 243 Å². The van der Waals surface area contributed by atoms with Gasteiger partial charge in [0.15, 0.2) is 0 Å². The summed E-state index contributed by atoms with van der Waals surface area (Å²) in [5.41, 5.74) is 5.62. The van der Waals surface area contributed by atoms with Gasteiger partial charge >= 0.3 is 0 Å². The fourth-order valence-corrected chi connectivity index (χ4v) is 7.56. The molecule has 2 aromatic carbocycles. The number of halogens is 2. The van der Waals surface area contributed by atoms with Gasteiger partial charge < -0.3 is 0 Å². The molecule has 0 unspecified atom stereocenters. The van der Waals surface area contributed by atoms with Gasteiger partial charge in [0.25, 0.3) is 0 Å². The fourth-order valence-electron chi connectivity index (χ4n) is 4.12.